The van der Waals surface area contributed by atoms with Gasteiger partial charge in [0.2, 0.25) is 5.91 Å². The zero-order valence-corrected chi connectivity index (χ0v) is 22.3. The predicted molar refractivity (Wildman–Crippen MR) is 144 cm³/mol. The van der Waals surface area contributed by atoms with Gasteiger partial charge in [0, 0.05) is 5.69 Å². The summed E-state index contributed by atoms with van der Waals surface area (Å²) in [6.45, 7) is 5.75. The number of hydrogen-bond acceptors (Lipinski definition) is 4. The largest absolute Gasteiger partial charge is 0.444 e. The summed E-state index contributed by atoms with van der Waals surface area (Å²) in [6, 6.07) is 17.3. The number of anilines is 1. The summed E-state index contributed by atoms with van der Waals surface area (Å²) in [4.78, 5) is 25.6. The molecule has 4 fully saturated rings. The van der Waals surface area contributed by atoms with E-state index in [4.69, 9.17) is 9.47 Å². The fraction of sp³-hybridized carbons (Fsp3) is 0.548. The molecule has 6 nitrogen and oxygen atoms in total. The third-order valence-electron chi connectivity index (χ3n) is 8.21. The van der Waals surface area contributed by atoms with Crippen molar-refractivity contribution in [1.82, 2.24) is 5.32 Å². The molecule has 0 radical (unpaired) electrons. The summed E-state index contributed by atoms with van der Waals surface area (Å²) in [5.41, 5.74) is 2.79. The van der Waals surface area contributed by atoms with Crippen molar-refractivity contribution in [1.29, 1.82) is 0 Å². The Hall–Kier alpha value is -2.86. The second kappa shape index (κ2) is 10.5. The average molecular weight is 505 g/mol. The van der Waals surface area contributed by atoms with E-state index in [0.29, 0.717) is 12.0 Å². The number of rotatable bonds is 8. The van der Waals surface area contributed by atoms with Crippen LogP contribution in [0.3, 0.4) is 0 Å². The van der Waals surface area contributed by atoms with E-state index in [9.17, 15) is 9.59 Å². The number of benzene rings is 2. The fourth-order valence-electron chi connectivity index (χ4n) is 7.10. The lowest BCUT2D eigenvalue weighted by atomic mass is 9.48. The Bertz CT molecular complexity index is 1060. The molecule has 0 spiro atoms. The van der Waals surface area contributed by atoms with Crippen molar-refractivity contribution < 1.29 is 19.1 Å². The molecule has 6 heteroatoms. The van der Waals surface area contributed by atoms with Crippen LogP contribution in [-0.2, 0) is 26.3 Å². The maximum absolute atomic E-state index is 13.2. The van der Waals surface area contributed by atoms with Crippen LogP contribution in [-0.4, -0.2) is 30.3 Å². The third-order valence-corrected chi connectivity index (χ3v) is 8.21. The van der Waals surface area contributed by atoms with Crippen molar-refractivity contribution in [3.8, 4) is 0 Å². The predicted octanol–water partition coefficient (Wildman–Crippen LogP) is 6.20. The van der Waals surface area contributed by atoms with Crippen molar-refractivity contribution >= 4 is 17.7 Å². The van der Waals surface area contributed by atoms with Gasteiger partial charge in [0.15, 0.2) is 0 Å². The molecular weight excluding hydrogens is 464 g/mol. The highest BCUT2D eigenvalue weighted by atomic mass is 16.6. The minimum absolute atomic E-state index is 0.0331. The molecule has 4 aliphatic carbocycles. The van der Waals surface area contributed by atoms with Gasteiger partial charge in [-0.05, 0) is 106 Å². The Morgan fingerprint density at radius 3 is 2.08 bits per heavy atom. The molecule has 4 bridgehead atoms. The van der Waals surface area contributed by atoms with Gasteiger partial charge in [0.05, 0.1) is 13.2 Å². The van der Waals surface area contributed by atoms with Crippen LogP contribution in [0.1, 0.15) is 70.4 Å². The molecule has 2 aromatic rings. The maximum atomic E-state index is 13.2. The lowest BCUT2D eigenvalue weighted by Crippen LogP contribution is -2.48. The van der Waals surface area contributed by atoms with Crippen LogP contribution >= 0.6 is 0 Å². The van der Waals surface area contributed by atoms with Crippen LogP contribution in [0.5, 0.6) is 0 Å². The monoisotopic (exact) mass is 504 g/mol. The highest BCUT2D eigenvalue weighted by Crippen LogP contribution is 2.60. The van der Waals surface area contributed by atoms with Gasteiger partial charge in [-0.3, -0.25) is 4.79 Å². The molecule has 2 amide bonds. The zero-order valence-electron chi connectivity index (χ0n) is 22.3. The van der Waals surface area contributed by atoms with Gasteiger partial charge in [0.1, 0.15) is 11.6 Å². The molecule has 4 aliphatic rings. The summed E-state index contributed by atoms with van der Waals surface area (Å²) in [5.74, 6) is 2.34. The van der Waals surface area contributed by atoms with E-state index in [1.807, 2.05) is 42.5 Å². The van der Waals surface area contributed by atoms with Gasteiger partial charge < -0.3 is 20.1 Å². The molecule has 2 aromatic carbocycles. The molecule has 1 atom stereocenters. The minimum Gasteiger partial charge on any atom is -0.444 e. The summed E-state index contributed by atoms with van der Waals surface area (Å²) in [7, 11) is 0. The lowest BCUT2D eigenvalue weighted by Gasteiger charge is -2.57. The van der Waals surface area contributed by atoms with Gasteiger partial charge in [0.25, 0.3) is 0 Å². The molecule has 4 saturated carbocycles. The SMILES string of the molecule is CC(C)(C)OC(=O)N[C@H](COCc1ccccc1)C(=O)Nc1ccc(C23CC4CC(CC(C4)C2)C3)cc1. The Labute approximate surface area is 220 Å². The number of ether oxygens (including phenoxy) is 2. The number of alkyl carbamates (subject to hydrolysis) is 1. The van der Waals surface area contributed by atoms with Gasteiger partial charge in [-0.1, -0.05) is 42.5 Å². The normalized spacial score (nSPS) is 26.9. The molecule has 37 heavy (non-hydrogen) atoms. The van der Waals surface area contributed by atoms with E-state index in [0.717, 1.165) is 29.0 Å². The minimum atomic E-state index is -0.888. The van der Waals surface area contributed by atoms with Gasteiger partial charge in [-0.25, -0.2) is 4.79 Å². The summed E-state index contributed by atoms with van der Waals surface area (Å²) >= 11 is 0. The number of carbonyl (C=O) groups is 2. The van der Waals surface area contributed by atoms with Crippen molar-refractivity contribution in [3.05, 3.63) is 65.7 Å². The van der Waals surface area contributed by atoms with Gasteiger partial charge in [-0.15, -0.1) is 0 Å². The first-order valence-electron chi connectivity index (χ1n) is 13.7. The summed E-state index contributed by atoms with van der Waals surface area (Å²) in [6.07, 6.45) is 7.55. The quantitative estimate of drug-likeness (QED) is 0.449. The Morgan fingerprint density at radius 2 is 1.51 bits per heavy atom. The van der Waals surface area contributed by atoms with Gasteiger partial charge in [-0.2, -0.15) is 0 Å². The van der Waals surface area contributed by atoms with Crippen LogP contribution in [0.25, 0.3) is 0 Å². The fourth-order valence-corrected chi connectivity index (χ4v) is 7.10. The van der Waals surface area contributed by atoms with Crippen LogP contribution in [0, 0.1) is 17.8 Å². The molecule has 0 aliphatic heterocycles. The van der Waals surface area contributed by atoms with Crippen molar-refractivity contribution in [2.75, 3.05) is 11.9 Å². The van der Waals surface area contributed by atoms with E-state index in [2.05, 4.69) is 22.8 Å². The van der Waals surface area contributed by atoms with Crippen LogP contribution < -0.4 is 10.6 Å². The average Bonchev–Trinajstić information content (AvgIpc) is 2.82. The number of carbonyl (C=O) groups excluding carboxylic acids is 2. The second-order valence-electron chi connectivity index (χ2n) is 12.5. The molecule has 0 aromatic heterocycles. The summed E-state index contributed by atoms with van der Waals surface area (Å²) in [5, 5.41) is 5.65. The number of amides is 2. The smallest absolute Gasteiger partial charge is 0.408 e. The first-order valence-corrected chi connectivity index (χ1v) is 13.7. The number of nitrogens with one attached hydrogen (secondary N) is 2. The first-order chi connectivity index (χ1) is 17.7. The second-order valence-corrected chi connectivity index (χ2v) is 12.5. The van der Waals surface area contributed by atoms with Crippen LogP contribution in [0.15, 0.2) is 54.6 Å². The van der Waals surface area contributed by atoms with E-state index in [1.54, 1.807) is 20.8 Å². The molecule has 198 valence electrons. The van der Waals surface area contributed by atoms with Crippen molar-refractivity contribution in [3.63, 3.8) is 0 Å². The van der Waals surface area contributed by atoms with Gasteiger partial charge >= 0.3 is 6.09 Å². The molecule has 2 N–H and O–H groups in total. The molecule has 0 unspecified atom stereocenters. The molecule has 6 rings (SSSR count). The standard InChI is InChI=1S/C31H40N2O4/c1-30(2,3)37-29(35)33-27(20-36-19-21-7-5-4-6-8-21)28(34)32-26-11-9-25(10-12-26)31-16-22-13-23(17-31)15-24(14-22)18-31/h4-12,22-24,27H,13-20H2,1-3H3,(H,32,34)(H,33,35)/t22?,23?,24?,27-,31?/m1/s1. The molecule has 0 heterocycles. The topological polar surface area (TPSA) is 76.7 Å². The maximum Gasteiger partial charge on any atom is 0.408 e. The molecular formula is C31H40N2O4. The van der Waals surface area contributed by atoms with Crippen molar-refractivity contribution in [2.45, 2.75) is 83.0 Å². The zero-order chi connectivity index (χ0) is 26.0. The van der Waals surface area contributed by atoms with E-state index in [-0.39, 0.29) is 12.5 Å². The highest BCUT2D eigenvalue weighted by Gasteiger charge is 2.51. The van der Waals surface area contributed by atoms with E-state index >= 15 is 0 Å². The third kappa shape index (κ3) is 6.35. The van der Waals surface area contributed by atoms with Crippen LogP contribution in [0.4, 0.5) is 10.5 Å². The first kappa shape index (κ1) is 25.8. The number of hydrogen-bond donors (Lipinski definition) is 2. The Kier molecular flexibility index (Phi) is 7.30. The lowest BCUT2D eigenvalue weighted by molar-refractivity contribution is -0.119. The van der Waals surface area contributed by atoms with Crippen molar-refractivity contribution in [2.24, 2.45) is 17.8 Å². The van der Waals surface area contributed by atoms with E-state index < -0.39 is 17.7 Å². The van der Waals surface area contributed by atoms with Crippen LogP contribution in [0.2, 0.25) is 0 Å². The Balaban J connectivity index is 1.23. The highest BCUT2D eigenvalue weighted by molar-refractivity contribution is 5.96. The molecule has 0 saturated heterocycles. The Morgan fingerprint density at radius 1 is 0.919 bits per heavy atom. The van der Waals surface area contributed by atoms with E-state index in [1.165, 1.54) is 44.1 Å². The summed E-state index contributed by atoms with van der Waals surface area (Å²) < 4.78 is 11.2.